The van der Waals surface area contributed by atoms with Crippen molar-refractivity contribution < 1.29 is 13.3 Å². The van der Waals surface area contributed by atoms with Gasteiger partial charge in [-0.25, -0.2) is 13.1 Å². The number of quaternary nitrogens is 1. The summed E-state index contributed by atoms with van der Waals surface area (Å²) < 4.78 is 27.7. The lowest BCUT2D eigenvalue weighted by Gasteiger charge is -2.15. The summed E-state index contributed by atoms with van der Waals surface area (Å²) in [6.45, 7) is 7.26. The van der Waals surface area contributed by atoms with Crippen molar-refractivity contribution in [2.45, 2.75) is 38.0 Å². The fourth-order valence-electron chi connectivity index (χ4n) is 2.88. The number of likely N-dealkylation sites (tertiary alicyclic amines) is 1. The first-order chi connectivity index (χ1) is 10.3. The fourth-order valence-corrected chi connectivity index (χ4v) is 5.16. The van der Waals surface area contributed by atoms with Crippen LogP contribution in [-0.4, -0.2) is 34.6 Å². The Labute approximate surface area is 142 Å². The first-order valence-corrected chi connectivity index (χ1v) is 9.85. The zero-order chi connectivity index (χ0) is 16.3. The van der Waals surface area contributed by atoms with E-state index in [9.17, 15) is 8.42 Å². The third kappa shape index (κ3) is 4.15. The van der Waals surface area contributed by atoms with Gasteiger partial charge in [-0.1, -0.05) is 23.2 Å². The molecule has 0 unspecified atom stereocenters. The number of sulfonamides is 1. The van der Waals surface area contributed by atoms with Crippen molar-refractivity contribution in [2.24, 2.45) is 0 Å². The number of aryl methyl sites for hydroxylation is 1. The van der Waals surface area contributed by atoms with Gasteiger partial charge in [0.25, 0.3) is 0 Å². The lowest BCUT2D eigenvalue weighted by molar-refractivity contribution is -0.887. The van der Waals surface area contributed by atoms with E-state index in [-0.39, 0.29) is 9.92 Å². The number of hydrogen-bond acceptors (Lipinski definition) is 2. The highest BCUT2D eigenvalue weighted by molar-refractivity contribution is 7.89. The summed E-state index contributed by atoms with van der Waals surface area (Å²) in [6.07, 6.45) is 3.38. The molecule has 1 aliphatic heterocycles. The van der Waals surface area contributed by atoms with E-state index in [1.807, 2.05) is 0 Å². The van der Waals surface area contributed by atoms with E-state index in [0.29, 0.717) is 22.7 Å². The minimum atomic E-state index is -3.64. The van der Waals surface area contributed by atoms with E-state index < -0.39 is 10.0 Å². The van der Waals surface area contributed by atoms with Gasteiger partial charge in [0.2, 0.25) is 10.0 Å². The molecule has 0 atom stereocenters. The largest absolute Gasteiger partial charge is 0.335 e. The minimum Gasteiger partial charge on any atom is -0.335 e. The molecule has 0 aliphatic carbocycles. The van der Waals surface area contributed by atoms with Crippen LogP contribution in [0, 0.1) is 13.8 Å². The van der Waals surface area contributed by atoms with Crippen LogP contribution < -0.4 is 9.62 Å². The summed E-state index contributed by atoms with van der Waals surface area (Å²) in [5, 5.41) is 0.670. The first-order valence-electron chi connectivity index (χ1n) is 7.61. The second kappa shape index (κ2) is 7.49. The first kappa shape index (κ1) is 18.0. The second-order valence-electron chi connectivity index (χ2n) is 5.90. The quantitative estimate of drug-likeness (QED) is 0.757. The molecule has 22 heavy (non-hydrogen) atoms. The van der Waals surface area contributed by atoms with Crippen molar-refractivity contribution in [1.82, 2.24) is 4.72 Å². The number of hydrogen-bond donors (Lipinski definition) is 2. The Kier molecular flexibility index (Phi) is 6.14. The normalized spacial score (nSPS) is 16.4. The second-order valence-corrected chi connectivity index (χ2v) is 8.39. The van der Waals surface area contributed by atoms with Gasteiger partial charge in [-0.15, -0.1) is 0 Å². The number of halogens is 2. The molecule has 0 radical (unpaired) electrons. The highest BCUT2D eigenvalue weighted by Gasteiger charge is 2.23. The van der Waals surface area contributed by atoms with Crippen LogP contribution in [0.25, 0.3) is 0 Å². The Hall–Kier alpha value is -0.330. The highest BCUT2D eigenvalue weighted by Crippen LogP contribution is 2.33. The summed E-state index contributed by atoms with van der Waals surface area (Å²) in [5.41, 5.74) is 1.16. The predicted octanol–water partition coefficient (Wildman–Crippen LogP) is 1.96. The van der Waals surface area contributed by atoms with E-state index in [2.05, 4.69) is 4.72 Å². The van der Waals surface area contributed by atoms with Crippen LogP contribution in [0.3, 0.4) is 0 Å². The summed E-state index contributed by atoms with van der Waals surface area (Å²) in [7, 11) is -3.64. The molecular formula is C15H23Cl2N2O2S+. The average molecular weight is 366 g/mol. The van der Waals surface area contributed by atoms with Gasteiger partial charge < -0.3 is 4.90 Å². The van der Waals surface area contributed by atoms with Crippen molar-refractivity contribution in [3.8, 4) is 0 Å². The molecule has 7 heteroatoms. The molecule has 2 rings (SSSR count). The number of benzene rings is 1. The Balaban J connectivity index is 2.04. The van der Waals surface area contributed by atoms with Crippen LogP contribution >= 0.6 is 23.2 Å². The molecule has 1 saturated heterocycles. The minimum absolute atomic E-state index is 0.104. The van der Waals surface area contributed by atoms with Crippen LogP contribution in [-0.2, 0) is 10.0 Å². The van der Waals surface area contributed by atoms with Gasteiger partial charge in [-0.2, -0.15) is 0 Å². The maximum Gasteiger partial charge on any atom is 0.242 e. The molecule has 124 valence electrons. The van der Waals surface area contributed by atoms with Gasteiger partial charge in [0.05, 0.1) is 24.7 Å². The van der Waals surface area contributed by atoms with Gasteiger partial charge in [0.15, 0.2) is 0 Å². The zero-order valence-corrected chi connectivity index (χ0v) is 15.3. The summed E-state index contributed by atoms with van der Waals surface area (Å²) in [6, 6.07) is 1.69. The zero-order valence-electron chi connectivity index (χ0n) is 13.0. The molecule has 1 aliphatic rings. The van der Waals surface area contributed by atoms with Crippen LogP contribution in [0.4, 0.5) is 0 Å². The van der Waals surface area contributed by atoms with E-state index in [0.717, 1.165) is 13.0 Å². The van der Waals surface area contributed by atoms with Crippen LogP contribution in [0.5, 0.6) is 0 Å². The topological polar surface area (TPSA) is 50.6 Å². The van der Waals surface area contributed by atoms with Gasteiger partial charge in [0.1, 0.15) is 4.90 Å². The molecule has 0 bridgehead atoms. The molecule has 0 aromatic heterocycles. The molecule has 0 saturated carbocycles. The van der Waals surface area contributed by atoms with E-state index in [1.165, 1.54) is 25.9 Å². The van der Waals surface area contributed by atoms with Crippen molar-refractivity contribution in [2.75, 3.05) is 26.2 Å². The van der Waals surface area contributed by atoms with E-state index >= 15 is 0 Å². The lowest BCUT2D eigenvalue weighted by Crippen LogP contribution is -3.10. The van der Waals surface area contributed by atoms with Gasteiger partial charge in [-0.05, 0) is 31.0 Å². The molecule has 1 aromatic rings. The lowest BCUT2D eigenvalue weighted by atomic mass is 10.2. The SMILES string of the molecule is Cc1cc(Cl)c(C)c(S(=O)(=O)NCCC[NH+]2CCCC2)c1Cl. The van der Waals surface area contributed by atoms with Crippen molar-refractivity contribution in [1.29, 1.82) is 0 Å². The molecule has 1 heterocycles. The third-order valence-electron chi connectivity index (χ3n) is 4.17. The van der Waals surface area contributed by atoms with Crippen LogP contribution in [0.15, 0.2) is 11.0 Å². The highest BCUT2D eigenvalue weighted by atomic mass is 35.5. The van der Waals surface area contributed by atoms with Crippen molar-refractivity contribution in [3.63, 3.8) is 0 Å². The van der Waals surface area contributed by atoms with E-state index in [1.54, 1.807) is 24.8 Å². The van der Waals surface area contributed by atoms with Gasteiger partial charge in [0, 0.05) is 30.8 Å². The van der Waals surface area contributed by atoms with E-state index in [4.69, 9.17) is 23.2 Å². The van der Waals surface area contributed by atoms with Crippen molar-refractivity contribution in [3.05, 3.63) is 27.2 Å². The Morgan fingerprint density at radius 2 is 1.86 bits per heavy atom. The Morgan fingerprint density at radius 3 is 2.50 bits per heavy atom. The van der Waals surface area contributed by atoms with Crippen molar-refractivity contribution >= 4 is 33.2 Å². The van der Waals surface area contributed by atoms with Crippen LogP contribution in [0.2, 0.25) is 10.0 Å². The molecular weight excluding hydrogens is 343 g/mol. The molecule has 0 amide bonds. The van der Waals surface area contributed by atoms with Gasteiger partial charge in [-0.3, -0.25) is 0 Å². The fraction of sp³-hybridized carbons (Fsp3) is 0.600. The monoisotopic (exact) mass is 365 g/mol. The molecule has 1 fully saturated rings. The summed E-state index contributed by atoms with van der Waals surface area (Å²) >= 11 is 12.3. The Morgan fingerprint density at radius 1 is 1.23 bits per heavy atom. The Bertz CT molecular complexity index is 615. The van der Waals surface area contributed by atoms with Crippen LogP contribution in [0.1, 0.15) is 30.4 Å². The molecule has 4 nitrogen and oxygen atoms in total. The summed E-state index contributed by atoms with van der Waals surface area (Å²) in [4.78, 5) is 1.67. The standard InChI is InChI=1S/C15H22Cl2N2O2S/c1-11-10-13(16)12(2)15(14(11)17)22(20,21)18-6-5-9-19-7-3-4-8-19/h10,18H,3-9H2,1-2H3/p+1. The predicted molar refractivity (Wildman–Crippen MR) is 90.5 cm³/mol. The smallest absolute Gasteiger partial charge is 0.242 e. The molecule has 0 spiro atoms. The maximum absolute atomic E-state index is 12.5. The average Bonchev–Trinajstić information content (AvgIpc) is 2.95. The molecule has 2 N–H and O–H groups in total. The third-order valence-corrected chi connectivity index (χ3v) is 6.79. The molecule has 1 aromatic carbocycles. The maximum atomic E-state index is 12.5. The van der Waals surface area contributed by atoms with Gasteiger partial charge >= 0.3 is 0 Å². The number of nitrogens with one attached hydrogen (secondary N) is 2. The number of rotatable bonds is 6. The summed E-state index contributed by atoms with van der Waals surface area (Å²) in [5.74, 6) is 0.